The molecule has 1 aliphatic rings. The SMILES string of the molecule is C=N/C(=C(\C)c1ccccc1C)N1CCc2ccc(S(=O)(=O)NC)cc21. The summed E-state index contributed by atoms with van der Waals surface area (Å²) in [7, 11) is -2.08. The lowest BCUT2D eigenvalue weighted by Crippen LogP contribution is -2.21. The summed E-state index contributed by atoms with van der Waals surface area (Å²) in [5.74, 6) is 0.761. The van der Waals surface area contributed by atoms with E-state index < -0.39 is 10.0 Å². The first-order valence-corrected chi connectivity index (χ1v) is 9.95. The van der Waals surface area contributed by atoms with Crippen molar-refractivity contribution in [2.45, 2.75) is 25.2 Å². The Bertz CT molecular complexity index is 994. The van der Waals surface area contributed by atoms with Crippen LogP contribution >= 0.6 is 0 Å². The molecule has 0 radical (unpaired) electrons. The van der Waals surface area contributed by atoms with Crippen molar-refractivity contribution < 1.29 is 8.42 Å². The monoisotopic (exact) mass is 369 g/mol. The second kappa shape index (κ2) is 7.05. The Morgan fingerprint density at radius 3 is 2.62 bits per heavy atom. The van der Waals surface area contributed by atoms with E-state index in [9.17, 15) is 8.42 Å². The van der Waals surface area contributed by atoms with E-state index in [-0.39, 0.29) is 4.90 Å². The normalized spacial score (nSPS) is 14.8. The van der Waals surface area contributed by atoms with E-state index in [1.54, 1.807) is 12.1 Å². The third-order valence-corrected chi connectivity index (χ3v) is 6.23. The van der Waals surface area contributed by atoms with Crippen molar-refractivity contribution in [3.63, 3.8) is 0 Å². The zero-order valence-electron chi connectivity index (χ0n) is 15.3. The minimum Gasteiger partial charge on any atom is -0.326 e. The van der Waals surface area contributed by atoms with Gasteiger partial charge in [-0.05, 0) is 68.4 Å². The Balaban J connectivity index is 2.12. The van der Waals surface area contributed by atoms with Crippen molar-refractivity contribution in [2.75, 3.05) is 18.5 Å². The van der Waals surface area contributed by atoms with Gasteiger partial charge in [-0.2, -0.15) is 0 Å². The van der Waals surface area contributed by atoms with Gasteiger partial charge in [0.15, 0.2) is 0 Å². The Hall–Kier alpha value is -2.44. The summed E-state index contributed by atoms with van der Waals surface area (Å²) in [6.07, 6.45) is 0.843. The Kier molecular flexibility index (Phi) is 4.98. The van der Waals surface area contributed by atoms with Crippen LogP contribution in [0, 0.1) is 6.92 Å². The molecule has 0 atom stereocenters. The summed E-state index contributed by atoms with van der Waals surface area (Å²) in [4.78, 5) is 6.60. The van der Waals surface area contributed by atoms with E-state index in [4.69, 9.17) is 0 Å². The van der Waals surface area contributed by atoms with Gasteiger partial charge in [-0.15, -0.1) is 0 Å². The smallest absolute Gasteiger partial charge is 0.240 e. The number of hydrogen-bond donors (Lipinski definition) is 1. The molecular formula is C20H23N3O2S. The van der Waals surface area contributed by atoms with Crippen molar-refractivity contribution in [3.05, 3.63) is 65.0 Å². The Morgan fingerprint density at radius 2 is 1.96 bits per heavy atom. The molecule has 0 aromatic heterocycles. The molecule has 5 nitrogen and oxygen atoms in total. The van der Waals surface area contributed by atoms with Crippen molar-refractivity contribution in [3.8, 4) is 0 Å². The molecule has 3 rings (SSSR count). The topological polar surface area (TPSA) is 61.8 Å². The molecule has 2 aromatic rings. The maximum absolute atomic E-state index is 12.2. The summed E-state index contributed by atoms with van der Waals surface area (Å²) < 4.78 is 26.7. The molecule has 1 aliphatic heterocycles. The van der Waals surface area contributed by atoms with Crippen LogP contribution in [0.25, 0.3) is 5.57 Å². The van der Waals surface area contributed by atoms with Crippen LogP contribution in [0.3, 0.4) is 0 Å². The lowest BCUT2D eigenvalue weighted by molar-refractivity contribution is 0.588. The maximum atomic E-state index is 12.2. The Labute approximate surface area is 155 Å². The van der Waals surface area contributed by atoms with Crippen molar-refractivity contribution in [2.24, 2.45) is 4.99 Å². The number of nitrogens with one attached hydrogen (secondary N) is 1. The standard InChI is InChI=1S/C20H23N3O2S/c1-14-7-5-6-8-18(14)15(2)20(21-3)23-12-11-16-9-10-17(13-19(16)23)26(24,25)22-4/h5-10,13,22H,3,11-12H2,1-2,4H3/b20-15-. The van der Waals surface area contributed by atoms with Crippen LogP contribution in [0.1, 0.15) is 23.6 Å². The second-order valence-corrected chi connectivity index (χ2v) is 8.21. The predicted octanol–water partition coefficient (Wildman–Crippen LogP) is 3.35. The van der Waals surface area contributed by atoms with E-state index in [2.05, 4.69) is 40.4 Å². The van der Waals surface area contributed by atoms with Gasteiger partial charge in [0.2, 0.25) is 10.0 Å². The van der Waals surface area contributed by atoms with Crippen molar-refractivity contribution in [1.82, 2.24) is 4.72 Å². The molecule has 0 amide bonds. The first-order valence-electron chi connectivity index (χ1n) is 8.46. The first-order chi connectivity index (χ1) is 12.4. The van der Waals surface area contributed by atoms with Gasteiger partial charge in [0, 0.05) is 12.2 Å². The zero-order valence-corrected chi connectivity index (χ0v) is 16.1. The molecule has 1 N–H and O–H groups in total. The predicted molar refractivity (Wildman–Crippen MR) is 107 cm³/mol. The number of sulfonamides is 1. The number of fused-ring (bicyclic) bond motifs is 1. The van der Waals surface area contributed by atoms with Crippen LogP contribution in [0.5, 0.6) is 0 Å². The van der Waals surface area contributed by atoms with Crippen LogP contribution in [0.2, 0.25) is 0 Å². The van der Waals surface area contributed by atoms with Crippen LogP contribution < -0.4 is 9.62 Å². The third kappa shape index (κ3) is 3.18. The fourth-order valence-electron chi connectivity index (χ4n) is 3.38. The summed E-state index contributed by atoms with van der Waals surface area (Å²) in [5.41, 5.74) is 5.28. The van der Waals surface area contributed by atoms with Crippen LogP contribution in [0.4, 0.5) is 5.69 Å². The molecule has 136 valence electrons. The quantitative estimate of drug-likeness (QED) is 0.822. The number of allylic oxidation sites excluding steroid dienone is 1. The fraction of sp³-hybridized carbons (Fsp3) is 0.250. The average Bonchev–Trinajstić information content (AvgIpc) is 3.06. The van der Waals surface area contributed by atoms with Gasteiger partial charge in [-0.1, -0.05) is 30.3 Å². The number of rotatable bonds is 5. The molecule has 6 heteroatoms. The molecule has 0 aliphatic carbocycles. The molecule has 2 aromatic carbocycles. The molecule has 0 saturated heterocycles. The van der Waals surface area contributed by atoms with Gasteiger partial charge in [0.05, 0.1) is 4.90 Å². The van der Waals surface area contributed by atoms with Gasteiger partial charge in [0.1, 0.15) is 5.82 Å². The van der Waals surface area contributed by atoms with Crippen LogP contribution in [0.15, 0.2) is 58.2 Å². The number of anilines is 1. The lowest BCUT2D eigenvalue weighted by atomic mass is 10.0. The highest BCUT2D eigenvalue weighted by Crippen LogP contribution is 2.36. The molecule has 0 unspecified atom stereocenters. The molecule has 0 spiro atoms. The molecular weight excluding hydrogens is 346 g/mol. The molecule has 0 fully saturated rings. The van der Waals surface area contributed by atoms with Gasteiger partial charge in [-0.25, -0.2) is 18.1 Å². The number of nitrogens with zero attached hydrogens (tertiary/aromatic N) is 2. The summed E-state index contributed by atoms with van der Waals surface area (Å²) in [5, 5.41) is 0. The van der Waals surface area contributed by atoms with Crippen molar-refractivity contribution in [1.29, 1.82) is 0 Å². The van der Waals surface area contributed by atoms with Gasteiger partial charge < -0.3 is 4.90 Å². The van der Waals surface area contributed by atoms with Gasteiger partial charge >= 0.3 is 0 Å². The van der Waals surface area contributed by atoms with Crippen LogP contribution in [-0.4, -0.2) is 28.7 Å². The zero-order chi connectivity index (χ0) is 18.9. The summed E-state index contributed by atoms with van der Waals surface area (Å²) >= 11 is 0. The van der Waals surface area contributed by atoms with E-state index in [0.717, 1.165) is 46.7 Å². The fourth-order valence-corrected chi connectivity index (χ4v) is 4.13. The van der Waals surface area contributed by atoms with E-state index in [1.165, 1.54) is 7.05 Å². The Morgan fingerprint density at radius 1 is 1.23 bits per heavy atom. The average molecular weight is 369 g/mol. The number of hydrogen-bond acceptors (Lipinski definition) is 4. The van der Waals surface area contributed by atoms with Gasteiger partial charge in [0.25, 0.3) is 0 Å². The molecule has 26 heavy (non-hydrogen) atoms. The third-order valence-electron chi connectivity index (χ3n) is 4.82. The first kappa shape index (κ1) is 18.4. The minimum absolute atomic E-state index is 0.252. The van der Waals surface area contributed by atoms with E-state index in [1.807, 2.05) is 25.1 Å². The highest BCUT2D eigenvalue weighted by Gasteiger charge is 2.26. The summed E-state index contributed by atoms with van der Waals surface area (Å²) in [6.45, 7) is 8.60. The minimum atomic E-state index is -3.49. The van der Waals surface area contributed by atoms with E-state index >= 15 is 0 Å². The molecule has 0 bridgehead atoms. The summed E-state index contributed by atoms with van der Waals surface area (Å²) in [6, 6.07) is 13.4. The second-order valence-electron chi connectivity index (χ2n) is 6.32. The lowest BCUT2D eigenvalue weighted by Gasteiger charge is -2.23. The molecule has 0 saturated carbocycles. The largest absolute Gasteiger partial charge is 0.326 e. The van der Waals surface area contributed by atoms with Gasteiger partial charge in [-0.3, -0.25) is 0 Å². The van der Waals surface area contributed by atoms with Crippen LogP contribution in [-0.2, 0) is 16.4 Å². The number of benzene rings is 2. The maximum Gasteiger partial charge on any atom is 0.240 e. The van der Waals surface area contributed by atoms with E-state index in [0.29, 0.717) is 0 Å². The molecule has 1 heterocycles. The number of aryl methyl sites for hydroxylation is 1. The number of aliphatic imine (C=N–C) groups is 1. The highest BCUT2D eigenvalue weighted by atomic mass is 32.2. The van der Waals surface area contributed by atoms with Crippen molar-refractivity contribution >= 4 is 28.0 Å². The highest BCUT2D eigenvalue weighted by molar-refractivity contribution is 7.89.